The lowest BCUT2D eigenvalue weighted by molar-refractivity contribution is -0.120. The molecule has 1 N–H and O–H groups in total. The minimum absolute atomic E-state index is 0.0786. The van der Waals surface area contributed by atoms with Gasteiger partial charge in [-0.15, -0.1) is 0 Å². The van der Waals surface area contributed by atoms with E-state index in [2.05, 4.69) is 15.5 Å². The monoisotopic (exact) mass is 337 g/mol. The summed E-state index contributed by atoms with van der Waals surface area (Å²) < 4.78 is 10.4. The predicted octanol–water partition coefficient (Wildman–Crippen LogP) is 2.91. The Kier molecular flexibility index (Phi) is 5.09. The molecule has 1 heterocycles. The van der Waals surface area contributed by atoms with Crippen molar-refractivity contribution >= 4 is 5.91 Å². The van der Waals surface area contributed by atoms with Crippen LogP contribution in [0.15, 0.2) is 53.1 Å². The van der Waals surface area contributed by atoms with Crippen LogP contribution in [-0.4, -0.2) is 23.2 Å². The molecule has 0 atom stereocenters. The van der Waals surface area contributed by atoms with Crippen LogP contribution in [0.2, 0.25) is 0 Å². The second kappa shape index (κ2) is 7.61. The van der Waals surface area contributed by atoms with E-state index < -0.39 is 0 Å². The van der Waals surface area contributed by atoms with E-state index >= 15 is 0 Å². The summed E-state index contributed by atoms with van der Waals surface area (Å²) in [5.74, 6) is 1.52. The van der Waals surface area contributed by atoms with Crippen LogP contribution >= 0.6 is 0 Å². The maximum Gasteiger partial charge on any atom is 0.257 e. The van der Waals surface area contributed by atoms with Gasteiger partial charge in [0.1, 0.15) is 5.75 Å². The minimum atomic E-state index is -0.0786. The maximum absolute atomic E-state index is 12.1. The van der Waals surface area contributed by atoms with E-state index in [1.54, 1.807) is 7.11 Å². The Hall–Kier alpha value is -3.15. The molecular weight excluding hydrogens is 318 g/mol. The third kappa shape index (κ3) is 4.23. The van der Waals surface area contributed by atoms with Gasteiger partial charge in [-0.25, -0.2) is 0 Å². The molecule has 25 heavy (non-hydrogen) atoms. The maximum atomic E-state index is 12.1. The Bertz CT molecular complexity index is 856. The van der Waals surface area contributed by atoms with Gasteiger partial charge in [0, 0.05) is 5.56 Å². The highest BCUT2D eigenvalue weighted by Gasteiger charge is 2.11. The molecular formula is C19H19N3O3. The molecule has 0 unspecified atom stereocenters. The molecule has 0 saturated heterocycles. The molecule has 128 valence electrons. The summed E-state index contributed by atoms with van der Waals surface area (Å²) in [6.45, 7) is 2.22. The van der Waals surface area contributed by atoms with Crippen LogP contribution < -0.4 is 10.1 Å². The number of hydrogen-bond acceptors (Lipinski definition) is 5. The second-order valence-electron chi connectivity index (χ2n) is 5.62. The van der Waals surface area contributed by atoms with Gasteiger partial charge in [0.25, 0.3) is 5.89 Å². The molecule has 0 aliphatic rings. The number of benzene rings is 2. The summed E-state index contributed by atoms with van der Waals surface area (Å²) in [7, 11) is 1.61. The lowest BCUT2D eigenvalue weighted by Gasteiger charge is -2.05. The molecule has 1 aromatic heterocycles. The summed E-state index contributed by atoms with van der Waals surface area (Å²) in [5, 5.41) is 6.71. The summed E-state index contributed by atoms with van der Waals surface area (Å²) in [4.78, 5) is 16.4. The van der Waals surface area contributed by atoms with E-state index in [0.29, 0.717) is 18.1 Å². The van der Waals surface area contributed by atoms with Crippen LogP contribution in [0.3, 0.4) is 0 Å². The molecule has 0 fully saturated rings. The second-order valence-corrected chi connectivity index (χ2v) is 5.62. The molecule has 2 aromatic carbocycles. The average molecular weight is 337 g/mol. The van der Waals surface area contributed by atoms with E-state index in [1.165, 1.54) is 0 Å². The van der Waals surface area contributed by atoms with Crippen LogP contribution in [0.4, 0.5) is 0 Å². The number of nitrogens with zero attached hydrogens (tertiary/aromatic N) is 2. The first kappa shape index (κ1) is 16.7. The highest BCUT2D eigenvalue weighted by Crippen LogP contribution is 2.20. The molecule has 0 aliphatic heterocycles. The first-order valence-corrected chi connectivity index (χ1v) is 7.94. The molecule has 0 spiro atoms. The van der Waals surface area contributed by atoms with Crippen LogP contribution in [0, 0.1) is 6.92 Å². The van der Waals surface area contributed by atoms with Crippen LogP contribution in [-0.2, 0) is 17.8 Å². The van der Waals surface area contributed by atoms with Crippen molar-refractivity contribution in [2.24, 2.45) is 0 Å². The summed E-state index contributed by atoms with van der Waals surface area (Å²) >= 11 is 0. The van der Waals surface area contributed by atoms with E-state index in [4.69, 9.17) is 9.26 Å². The summed E-state index contributed by atoms with van der Waals surface area (Å²) in [5.41, 5.74) is 2.90. The van der Waals surface area contributed by atoms with E-state index in [0.717, 1.165) is 22.4 Å². The van der Waals surface area contributed by atoms with Gasteiger partial charge < -0.3 is 14.6 Å². The highest BCUT2D eigenvalue weighted by molar-refractivity contribution is 5.78. The van der Waals surface area contributed by atoms with Gasteiger partial charge in [0.2, 0.25) is 5.91 Å². The van der Waals surface area contributed by atoms with E-state index in [9.17, 15) is 4.79 Å². The fraction of sp³-hybridized carbons (Fsp3) is 0.211. The van der Waals surface area contributed by atoms with Gasteiger partial charge in [-0.05, 0) is 42.3 Å². The van der Waals surface area contributed by atoms with Crippen LogP contribution in [0.1, 0.15) is 17.0 Å². The van der Waals surface area contributed by atoms with Gasteiger partial charge >= 0.3 is 0 Å². The number of rotatable bonds is 6. The summed E-state index contributed by atoms with van der Waals surface area (Å²) in [6.07, 6.45) is 0.329. The lowest BCUT2D eigenvalue weighted by Crippen LogP contribution is -2.25. The number of methoxy groups -OCH3 is 1. The predicted molar refractivity (Wildman–Crippen MR) is 93.0 cm³/mol. The number of ether oxygens (including phenoxy) is 1. The smallest absolute Gasteiger partial charge is 0.257 e. The fourth-order valence-electron chi connectivity index (χ4n) is 2.40. The lowest BCUT2D eigenvalue weighted by atomic mass is 10.1. The van der Waals surface area contributed by atoms with Crippen molar-refractivity contribution in [3.05, 3.63) is 65.5 Å². The largest absolute Gasteiger partial charge is 0.497 e. The van der Waals surface area contributed by atoms with Crippen molar-refractivity contribution in [2.75, 3.05) is 7.11 Å². The summed E-state index contributed by atoms with van der Waals surface area (Å²) in [6, 6.07) is 15.1. The van der Waals surface area contributed by atoms with Crippen LogP contribution in [0.5, 0.6) is 5.75 Å². The number of carbonyl (C=O) groups excluding carboxylic acids is 1. The molecule has 0 bridgehead atoms. The average Bonchev–Trinajstić information content (AvgIpc) is 3.11. The van der Waals surface area contributed by atoms with Crippen LogP contribution in [0.25, 0.3) is 11.5 Å². The molecule has 1 amide bonds. The zero-order valence-corrected chi connectivity index (χ0v) is 14.2. The third-order valence-electron chi connectivity index (χ3n) is 3.86. The van der Waals surface area contributed by atoms with Crippen molar-refractivity contribution in [2.45, 2.75) is 19.9 Å². The topological polar surface area (TPSA) is 77.2 Å². The first-order chi connectivity index (χ1) is 12.2. The standard InChI is InChI=1S/C19H19N3O3/c1-13-5-3-4-6-15(13)11-18(23)20-12-17-21-19(25-22-17)14-7-9-16(24-2)10-8-14/h3-10H,11-12H2,1-2H3,(H,20,23). The number of aromatic nitrogens is 2. The van der Waals surface area contributed by atoms with Gasteiger partial charge in [0.05, 0.1) is 20.1 Å². The normalized spacial score (nSPS) is 10.5. The Labute approximate surface area is 145 Å². The Morgan fingerprint density at radius 1 is 1.16 bits per heavy atom. The number of aryl methyl sites for hydroxylation is 1. The quantitative estimate of drug-likeness (QED) is 0.748. The first-order valence-electron chi connectivity index (χ1n) is 7.94. The van der Waals surface area contributed by atoms with Gasteiger partial charge in [-0.3, -0.25) is 4.79 Å². The zero-order chi connectivity index (χ0) is 17.6. The Balaban J connectivity index is 1.58. The molecule has 0 saturated carbocycles. The Morgan fingerprint density at radius 3 is 2.64 bits per heavy atom. The van der Waals surface area contributed by atoms with Gasteiger partial charge in [-0.1, -0.05) is 29.4 Å². The van der Waals surface area contributed by atoms with Gasteiger partial charge in [-0.2, -0.15) is 4.98 Å². The number of carbonyl (C=O) groups is 1. The molecule has 6 heteroatoms. The van der Waals surface area contributed by atoms with Crippen molar-refractivity contribution in [1.82, 2.24) is 15.5 Å². The third-order valence-corrected chi connectivity index (χ3v) is 3.86. The molecule has 0 aliphatic carbocycles. The number of amides is 1. The minimum Gasteiger partial charge on any atom is -0.497 e. The van der Waals surface area contributed by atoms with E-state index in [1.807, 2.05) is 55.5 Å². The van der Waals surface area contributed by atoms with Crippen molar-refractivity contribution in [3.8, 4) is 17.2 Å². The SMILES string of the molecule is COc1ccc(-c2nc(CNC(=O)Cc3ccccc3C)no2)cc1. The number of hydrogen-bond donors (Lipinski definition) is 1. The van der Waals surface area contributed by atoms with Crippen molar-refractivity contribution in [3.63, 3.8) is 0 Å². The molecule has 0 radical (unpaired) electrons. The van der Waals surface area contributed by atoms with Crippen molar-refractivity contribution in [1.29, 1.82) is 0 Å². The molecule has 3 aromatic rings. The fourth-order valence-corrected chi connectivity index (χ4v) is 2.40. The van der Waals surface area contributed by atoms with Crippen molar-refractivity contribution < 1.29 is 14.1 Å². The van der Waals surface area contributed by atoms with E-state index in [-0.39, 0.29) is 12.5 Å². The van der Waals surface area contributed by atoms with Gasteiger partial charge in [0.15, 0.2) is 5.82 Å². The zero-order valence-electron chi connectivity index (χ0n) is 14.2. The Morgan fingerprint density at radius 2 is 1.92 bits per heavy atom. The molecule has 3 rings (SSSR count). The molecule has 6 nitrogen and oxygen atoms in total. The highest BCUT2D eigenvalue weighted by atomic mass is 16.5. The number of nitrogens with one attached hydrogen (secondary N) is 1.